The van der Waals surface area contributed by atoms with E-state index in [9.17, 15) is 18.5 Å². The maximum atomic E-state index is 12.3. The Labute approximate surface area is 127 Å². The molecule has 0 aliphatic rings. The molecule has 9 nitrogen and oxygen atoms in total. The monoisotopic (exact) mass is 326 g/mol. The van der Waals surface area contributed by atoms with Gasteiger partial charge in [0.25, 0.3) is 5.03 Å². The molecule has 1 aromatic carbocycles. The second-order valence-electron chi connectivity index (χ2n) is 4.67. The van der Waals surface area contributed by atoms with Gasteiger partial charge in [0, 0.05) is 32.9 Å². The van der Waals surface area contributed by atoms with E-state index in [1.807, 2.05) is 0 Å². The predicted octanol–water partition coefficient (Wildman–Crippen LogP) is 1.16. The van der Waals surface area contributed by atoms with Crippen LogP contribution < -0.4 is 9.08 Å². The topological polar surface area (TPSA) is 108 Å². The van der Waals surface area contributed by atoms with E-state index >= 15 is 0 Å². The van der Waals surface area contributed by atoms with Crippen LogP contribution in [0.2, 0.25) is 0 Å². The average Bonchev–Trinajstić information content (AvgIpc) is 2.81. The van der Waals surface area contributed by atoms with Crippen molar-refractivity contribution in [3.63, 3.8) is 0 Å². The van der Waals surface area contributed by atoms with Crippen molar-refractivity contribution in [2.24, 2.45) is 7.05 Å². The number of nitro groups is 1. The third-order valence-corrected chi connectivity index (χ3v) is 4.17. The Morgan fingerprint density at radius 2 is 2.05 bits per heavy atom. The Hall–Kier alpha value is -2.62. The molecular weight excluding hydrogens is 312 g/mol. The van der Waals surface area contributed by atoms with Crippen LogP contribution in [-0.4, -0.2) is 37.0 Å². The summed E-state index contributed by atoms with van der Waals surface area (Å²) in [6, 6.07) is 6.36. The van der Waals surface area contributed by atoms with E-state index in [0.29, 0.717) is 0 Å². The Bertz CT molecular complexity index is 813. The number of hydrogen-bond donors (Lipinski definition) is 0. The minimum absolute atomic E-state index is 0.0571. The van der Waals surface area contributed by atoms with Gasteiger partial charge < -0.3 is 19.2 Å². The van der Waals surface area contributed by atoms with Crippen LogP contribution in [0.15, 0.2) is 35.6 Å². The van der Waals surface area contributed by atoms with Gasteiger partial charge >= 0.3 is 15.9 Å². The van der Waals surface area contributed by atoms with Crippen LogP contribution in [0.25, 0.3) is 0 Å². The fraction of sp³-hybridized carbons (Fsp3) is 0.250. The lowest BCUT2D eigenvalue weighted by atomic mass is 10.3. The molecule has 1 heterocycles. The van der Waals surface area contributed by atoms with E-state index in [4.69, 9.17) is 4.18 Å². The van der Waals surface area contributed by atoms with Crippen molar-refractivity contribution in [2.45, 2.75) is 5.03 Å². The lowest BCUT2D eigenvalue weighted by Gasteiger charge is -2.13. The normalized spacial score (nSPS) is 11.2. The largest absolute Gasteiger partial charge is 0.404 e. The summed E-state index contributed by atoms with van der Waals surface area (Å²) in [5.74, 6) is -0.715. The maximum absolute atomic E-state index is 12.3. The number of rotatable bonds is 5. The quantitative estimate of drug-likeness (QED) is 0.461. The standard InChI is InChI=1S/C12H14N4O5S/c1-14(2)9-5-4-6-10(7-9)21-22(19,20)12-11(16(17)18)13-8-15(12)3/h4-8H,1-3H3. The molecule has 0 fully saturated rings. The number of nitrogens with zero attached hydrogens (tertiary/aromatic N) is 4. The highest BCUT2D eigenvalue weighted by molar-refractivity contribution is 7.87. The van der Waals surface area contributed by atoms with Crippen molar-refractivity contribution in [1.82, 2.24) is 9.55 Å². The molecule has 0 saturated heterocycles. The molecule has 0 unspecified atom stereocenters. The van der Waals surface area contributed by atoms with Crippen LogP contribution in [0.1, 0.15) is 0 Å². The molecule has 10 heteroatoms. The first-order valence-electron chi connectivity index (χ1n) is 6.10. The molecule has 0 bridgehead atoms. The molecular formula is C12H14N4O5S. The van der Waals surface area contributed by atoms with E-state index < -0.39 is 25.9 Å². The summed E-state index contributed by atoms with van der Waals surface area (Å²) in [6.45, 7) is 0. The summed E-state index contributed by atoms with van der Waals surface area (Å²) < 4.78 is 30.6. The van der Waals surface area contributed by atoms with Crippen LogP contribution >= 0.6 is 0 Å². The first-order chi connectivity index (χ1) is 10.2. The van der Waals surface area contributed by atoms with Gasteiger partial charge in [-0.1, -0.05) is 6.07 Å². The lowest BCUT2D eigenvalue weighted by molar-refractivity contribution is -0.392. The van der Waals surface area contributed by atoms with Gasteiger partial charge in [-0.2, -0.15) is 8.42 Å². The van der Waals surface area contributed by atoms with Gasteiger partial charge in [-0.05, 0) is 22.0 Å². The lowest BCUT2D eigenvalue weighted by Crippen LogP contribution is -2.15. The summed E-state index contributed by atoms with van der Waals surface area (Å²) in [6.07, 6.45) is 1.05. The molecule has 2 rings (SSSR count). The van der Waals surface area contributed by atoms with E-state index in [2.05, 4.69) is 4.98 Å². The van der Waals surface area contributed by atoms with Gasteiger partial charge in [0.1, 0.15) is 5.75 Å². The Morgan fingerprint density at radius 3 is 2.64 bits per heavy atom. The molecule has 0 spiro atoms. The highest BCUT2D eigenvalue weighted by Crippen LogP contribution is 2.27. The van der Waals surface area contributed by atoms with Gasteiger partial charge in [0.15, 0.2) is 0 Å². The molecule has 0 atom stereocenters. The van der Waals surface area contributed by atoms with E-state index in [-0.39, 0.29) is 5.75 Å². The van der Waals surface area contributed by atoms with E-state index in [1.165, 1.54) is 19.2 Å². The third kappa shape index (κ3) is 3.01. The zero-order valence-corrected chi connectivity index (χ0v) is 12.9. The van der Waals surface area contributed by atoms with Crippen molar-refractivity contribution >= 4 is 21.6 Å². The summed E-state index contributed by atoms with van der Waals surface area (Å²) in [5.41, 5.74) is 0.729. The first kappa shape index (κ1) is 15.8. The minimum atomic E-state index is -4.38. The zero-order chi connectivity index (χ0) is 16.5. The molecule has 2 aromatic rings. The highest BCUT2D eigenvalue weighted by Gasteiger charge is 2.33. The SMILES string of the molecule is CN(C)c1cccc(OS(=O)(=O)c2c([N+](=O)[O-])ncn2C)c1. The number of imidazole rings is 1. The zero-order valence-electron chi connectivity index (χ0n) is 12.1. The molecule has 0 aliphatic carbocycles. The van der Waals surface area contributed by atoms with Gasteiger partial charge in [-0.25, -0.2) is 0 Å². The molecule has 0 aliphatic heterocycles. The summed E-state index contributed by atoms with van der Waals surface area (Å²) in [7, 11) is 0.544. The first-order valence-corrected chi connectivity index (χ1v) is 7.51. The van der Waals surface area contributed by atoms with Crippen molar-refractivity contribution in [3.8, 4) is 5.75 Å². The second kappa shape index (κ2) is 5.64. The van der Waals surface area contributed by atoms with Gasteiger partial charge in [-0.15, -0.1) is 0 Å². The number of hydrogen-bond acceptors (Lipinski definition) is 7. The molecule has 1 aromatic heterocycles. The van der Waals surface area contributed by atoms with Crippen LogP contribution in [-0.2, 0) is 17.2 Å². The molecule has 118 valence electrons. The Kier molecular flexibility index (Phi) is 4.04. The molecule has 0 amide bonds. The smallest absolute Gasteiger partial charge is 0.378 e. The van der Waals surface area contributed by atoms with Gasteiger partial charge in [-0.3, -0.25) is 4.57 Å². The van der Waals surface area contributed by atoms with Crippen molar-refractivity contribution in [2.75, 3.05) is 19.0 Å². The van der Waals surface area contributed by atoms with Crippen molar-refractivity contribution in [3.05, 3.63) is 40.7 Å². The number of anilines is 1. The van der Waals surface area contributed by atoms with Crippen molar-refractivity contribution < 1.29 is 17.5 Å². The molecule has 0 saturated carbocycles. The van der Waals surface area contributed by atoms with E-state index in [0.717, 1.165) is 16.6 Å². The second-order valence-corrected chi connectivity index (χ2v) is 6.13. The fourth-order valence-corrected chi connectivity index (χ4v) is 2.99. The Balaban J connectivity index is 2.43. The van der Waals surface area contributed by atoms with Gasteiger partial charge in [0.05, 0.1) is 0 Å². The number of aryl methyl sites for hydroxylation is 1. The summed E-state index contributed by atoms with van der Waals surface area (Å²) in [4.78, 5) is 15.2. The predicted molar refractivity (Wildman–Crippen MR) is 78.4 cm³/mol. The van der Waals surface area contributed by atoms with Crippen LogP contribution in [0, 0.1) is 10.1 Å². The Morgan fingerprint density at radius 1 is 1.36 bits per heavy atom. The fourth-order valence-electron chi connectivity index (χ4n) is 1.80. The maximum Gasteiger partial charge on any atom is 0.404 e. The number of benzene rings is 1. The average molecular weight is 326 g/mol. The molecule has 0 N–H and O–H groups in total. The molecule has 22 heavy (non-hydrogen) atoms. The van der Waals surface area contributed by atoms with Crippen LogP contribution in [0.4, 0.5) is 11.5 Å². The summed E-state index contributed by atoms with van der Waals surface area (Å²) in [5, 5.41) is 10.3. The minimum Gasteiger partial charge on any atom is -0.378 e. The number of aromatic nitrogens is 2. The summed E-state index contributed by atoms with van der Waals surface area (Å²) >= 11 is 0. The van der Waals surface area contributed by atoms with E-state index in [1.54, 1.807) is 31.1 Å². The van der Waals surface area contributed by atoms with Crippen LogP contribution in [0.3, 0.4) is 0 Å². The highest BCUT2D eigenvalue weighted by atomic mass is 32.2. The molecule has 0 radical (unpaired) electrons. The van der Waals surface area contributed by atoms with Crippen LogP contribution in [0.5, 0.6) is 5.75 Å². The third-order valence-electron chi connectivity index (χ3n) is 2.81. The van der Waals surface area contributed by atoms with Crippen molar-refractivity contribution in [1.29, 1.82) is 0 Å². The van der Waals surface area contributed by atoms with Gasteiger partial charge in [0.2, 0.25) is 6.33 Å².